The zero-order chi connectivity index (χ0) is 19.8. The van der Waals surface area contributed by atoms with Gasteiger partial charge < -0.3 is 24.0 Å². The lowest BCUT2D eigenvalue weighted by Crippen LogP contribution is -2.47. The summed E-state index contributed by atoms with van der Waals surface area (Å²) < 4.78 is 7.39. The van der Waals surface area contributed by atoms with E-state index in [1.54, 1.807) is 12.7 Å². The van der Waals surface area contributed by atoms with Crippen LogP contribution < -0.4 is 14.7 Å². The highest BCUT2D eigenvalue weighted by Gasteiger charge is 2.24. The summed E-state index contributed by atoms with van der Waals surface area (Å²) in [5.74, 6) is 2.69. The van der Waals surface area contributed by atoms with Crippen LogP contribution in [0.25, 0.3) is 11.2 Å². The Balaban J connectivity index is 1.33. The lowest BCUT2D eigenvalue weighted by molar-refractivity contribution is 0.122. The number of ether oxygens (including phenoxy) is 1. The number of aromatic nitrogens is 6. The zero-order valence-electron chi connectivity index (χ0n) is 16.8. The van der Waals surface area contributed by atoms with Crippen molar-refractivity contribution in [2.24, 2.45) is 7.05 Å². The maximum absolute atomic E-state index is 5.47. The van der Waals surface area contributed by atoms with E-state index in [0.29, 0.717) is 0 Å². The lowest BCUT2D eigenvalue weighted by atomic mass is 10.3. The van der Waals surface area contributed by atoms with Gasteiger partial charge in [-0.1, -0.05) is 0 Å². The molecule has 0 saturated carbocycles. The van der Waals surface area contributed by atoms with Gasteiger partial charge in [0.05, 0.1) is 19.5 Å². The van der Waals surface area contributed by atoms with Crippen molar-refractivity contribution in [1.82, 2.24) is 29.5 Å². The minimum Gasteiger partial charge on any atom is -0.378 e. The second-order valence-corrected chi connectivity index (χ2v) is 7.47. The van der Waals surface area contributed by atoms with E-state index in [1.807, 2.05) is 18.5 Å². The van der Waals surface area contributed by atoms with Crippen molar-refractivity contribution >= 4 is 28.7 Å². The number of rotatable bonds is 3. The molecule has 0 radical (unpaired) electrons. The van der Waals surface area contributed by atoms with E-state index in [0.717, 1.165) is 86.9 Å². The van der Waals surface area contributed by atoms with Crippen molar-refractivity contribution < 1.29 is 4.74 Å². The maximum Gasteiger partial charge on any atom is 0.227 e. The molecule has 5 rings (SSSR count). The third kappa shape index (κ3) is 3.44. The summed E-state index contributed by atoms with van der Waals surface area (Å²) in [7, 11) is 1.95. The Morgan fingerprint density at radius 3 is 2.41 bits per heavy atom. The Labute approximate surface area is 169 Å². The standard InChI is InChI=1S/C19H25N9O/c1-14-11-15(26-7-9-29-10-8-26)24-19(23-14)28-5-3-27(4-6-28)18-16-17(20-12-21-18)25(2)13-22-16/h11-13H,3-10H2,1-2H3. The SMILES string of the molecule is Cc1cc(N2CCOCC2)nc(N2CCN(c3ncnc4c3ncn4C)CC2)n1. The fourth-order valence-corrected chi connectivity index (χ4v) is 3.92. The molecule has 0 bridgehead atoms. The van der Waals surface area contributed by atoms with Gasteiger partial charge >= 0.3 is 0 Å². The fourth-order valence-electron chi connectivity index (χ4n) is 3.92. The Morgan fingerprint density at radius 1 is 0.862 bits per heavy atom. The molecule has 2 saturated heterocycles. The van der Waals surface area contributed by atoms with Crippen molar-refractivity contribution in [2.75, 3.05) is 67.2 Å². The fraction of sp³-hybridized carbons (Fsp3) is 0.526. The molecule has 0 spiro atoms. The average Bonchev–Trinajstić information content (AvgIpc) is 3.15. The van der Waals surface area contributed by atoms with Crippen LogP contribution in [-0.2, 0) is 11.8 Å². The normalized spacial score (nSPS) is 17.9. The zero-order valence-corrected chi connectivity index (χ0v) is 16.8. The van der Waals surface area contributed by atoms with Crippen LogP contribution in [0.3, 0.4) is 0 Å². The predicted molar refractivity (Wildman–Crippen MR) is 111 cm³/mol. The van der Waals surface area contributed by atoms with E-state index in [2.05, 4.69) is 35.7 Å². The largest absolute Gasteiger partial charge is 0.378 e. The molecule has 0 aromatic carbocycles. The summed E-state index contributed by atoms with van der Waals surface area (Å²) in [6, 6.07) is 2.06. The van der Waals surface area contributed by atoms with Gasteiger partial charge in [-0.15, -0.1) is 0 Å². The molecule has 10 heteroatoms. The Kier molecular flexibility index (Phi) is 4.62. The molecule has 2 fully saturated rings. The van der Waals surface area contributed by atoms with E-state index >= 15 is 0 Å². The molecule has 0 amide bonds. The molecular weight excluding hydrogens is 370 g/mol. The molecule has 0 aliphatic carbocycles. The lowest BCUT2D eigenvalue weighted by Gasteiger charge is -2.36. The molecule has 2 aliphatic heterocycles. The number of morpholine rings is 1. The molecule has 3 aromatic rings. The van der Waals surface area contributed by atoms with E-state index in [-0.39, 0.29) is 0 Å². The van der Waals surface area contributed by atoms with Gasteiger partial charge in [-0.3, -0.25) is 0 Å². The quantitative estimate of drug-likeness (QED) is 0.633. The van der Waals surface area contributed by atoms with Gasteiger partial charge in [-0.25, -0.2) is 19.9 Å². The van der Waals surface area contributed by atoms with E-state index in [4.69, 9.17) is 14.7 Å². The minimum atomic E-state index is 0.748. The number of hydrogen-bond acceptors (Lipinski definition) is 9. The molecule has 0 atom stereocenters. The van der Waals surface area contributed by atoms with Crippen LogP contribution >= 0.6 is 0 Å². The van der Waals surface area contributed by atoms with Crippen LogP contribution in [0.1, 0.15) is 5.69 Å². The monoisotopic (exact) mass is 395 g/mol. The van der Waals surface area contributed by atoms with Gasteiger partial charge in [0.25, 0.3) is 0 Å². The van der Waals surface area contributed by atoms with Gasteiger partial charge in [0, 0.05) is 58.1 Å². The summed E-state index contributed by atoms with van der Waals surface area (Å²) in [5.41, 5.74) is 2.70. The van der Waals surface area contributed by atoms with Gasteiger partial charge in [-0.2, -0.15) is 4.98 Å². The molecule has 2 aliphatic rings. The third-order valence-corrected chi connectivity index (χ3v) is 5.50. The number of hydrogen-bond donors (Lipinski definition) is 0. The number of anilines is 3. The second-order valence-electron chi connectivity index (χ2n) is 7.47. The summed E-state index contributed by atoms with van der Waals surface area (Å²) >= 11 is 0. The highest BCUT2D eigenvalue weighted by atomic mass is 16.5. The topological polar surface area (TPSA) is 88.3 Å². The van der Waals surface area contributed by atoms with Gasteiger partial charge in [-0.05, 0) is 6.92 Å². The van der Waals surface area contributed by atoms with Crippen LogP contribution in [-0.4, -0.2) is 82.0 Å². The number of piperazine rings is 1. The molecule has 0 unspecified atom stereocenters. The molecular formula is C19H25N9O. The van der Waals surface area contributed by atoms with Gasteiger partial charge in [0.15, 0.2) is 17.0 Å². The molecule has 3 aromatic heterocycles. The minimum absolute atomic E-state index is 0.748. The van der Waals surface area contributed by atoms with Gasteiger partial charge in [0.2, 0.25) is 5.95 Å². The van der Waals surface area contributed by atoms with Crippen molar-refractivity contribution in [3.05, 3.63) is 24.4 Å². The van der Waals surface area contributed by atoms with E-state index in [1.165, 1.54) is 0 Å². The Hall–Kier alpha value is -3.01. The first kappa shape index (κ1) is 18.0. The molecule has 29 heavy (non-hydrogen) atoms. The van der Waals surface area contributed by atoms with Crippen LogP contribution in [0.2, 0.25) is 0 Å². The number of nitrogens with zero attached hydrogens (tertiary/aromatic N) is 9. The Morgan fingerprint density at radius 2 is 1.62 bits per heavy atom. The number of aryl methyl sites for hydroxylation is 2. The van der Waals surface area contributed by atoms with Crippen molar-refractivity contribution in [2.45, 2.75) is 6.92 Å². The van der Waals surface area contributed by atoms with Crippen LogP contribution in [0, 0.1) is 6.92 Å². The van der Waals surface area contributed by atoms with Crippen molar-refractivity contribution in [1.29, 1.82) is 0 Å². The molecule has 5 heterocycles. The smallest absolute Gasteiger partial charge is 0.227 e. The average molecular weight is 395 g/mol. The maximum atomic E-state index is 5.47. The van der Waals surface area contributed by atoms with Crippen molar-refractivity contribution in [3.63, 3.8) is 0 Å². The first-order valence-electron chi connectivity index (χ1n) is 9.99. The first-order valence-corrected chi connectivity index (χ1v) is 9.99. The third-order valence-electron chi connectivity index (χ3n) is 5.50. The highest BCUT2D eigenvalue weighted by Crippen LogP contribution is 2.24. The number of imidazole rings is 1. The molecule has 152 valence electrons. The molecule has 0 N–H and O–H groups in total. The predicted octanol–water partition coefficient (Wildman–Crippen LogP) is 0.625. The second kappa shape index (κ2) is 7.43. The highest BCUT2D eigenvalue weighted by molar-refractivity contribution is 5.83. The van der Waals surface area contributed by atoms with E-state index < -0.39 is 0 Å². The summed E-state index contributed by atoms with van der Waals surface area (Å²) in [6.45, 7) is 8.63. The van der Waals surface area contributed by atoms with Crippen molar-refractivity contribution in [3.8, 4) is 0 Å². The van der Waals surface area contributed by atoms with Gasteiger partial charge in [0.1, 0.15) is 12.1 Å². The summed E-state index contributed by atoms with van der Waals surface area (Å²) in [4.78, 5) is 29.7. The first-order chi connectivity index (χ1) is 14.2. The van der Waals surface area contributed by atoms with Crippen LogP contribution in [0.15, 0.2) is 18.7 Å². The van der Waals surface area contributed by atoms with Crippen LogP contribution in [0.5, 0.6) is 0 Å². The Bertz CT molecular complexity index is 1010. The van der Waals surface area contributed by atoms with Crippen LogP contribution in [0.4, 0.5) is 17.6 Å². The van der Waals surface area contributed by atoms with E-state index in [9.17, 15) is 0 Å². The summed E-state index contributed by atoms with van der Waals surface area (Å²) in [5, 5.41) is 0. The number of fused-ring (bicyclic) bond motifs is 1. The molecule has 10 nitrogen and oxygen atoms in total. The summed E-state index contributed by atoms with van der Waals surface area (Å²) in [6.07, 6.45) is 3.40.